The second-order valence-corrected chi connectivity index (χ2v) is 4.21. The molecule has 0 aliphatic rings. The Labute approximate surface area is 106 Å². The molecule has 0 spiro atoms. The van der Waals surface area contributed by atoms with Crippen LogP contribution in [0.4, 0.5) is 0 Å². The molecule has 0 bridgehead atoms. The van der Waals surface area contributed by atoms with Crippen molar-refractivity contribution in [2.45, 2.75) is 13.8 Å². The Kier molecular flexibility index (Phi) is 3.42. The number of aromatic nitrogens is 1. The molecule has 3 nitrogen and oxygen atoms in total. The molecule has 2 aromatic rings. The van der Waals surface area contributed by atoms with E-state index in [4.69, 9.17) is 4.74 Å². The lowest BCUT2D eigenvalue weighted by molar-refractivity contribution is 0.112. The molecule has 1 aromatic heterocycles. The van der Waals surface area contributed by atoms with Gasteiger partial charge in [0.2, 0.25) is 0 Å². The van der Waals surface area contributed by atoms with Crippen molar-refractivity contribution in [1.82, 2.24) is 4.98 Å². The van der Waals surface area contributed by atoms with Gasteiger partial charge in [0.25, 0.3) is 0 Å². The Morgan fingerprint density at radius 2 is 2.00 bits per heavy atom. The van der Waals surface area contributed by atoms with Crippen LogP contribution in [0.25, 0.3) is 11.1 Å². The van der Waals surface area contributed by atoms with Gasteiger partial charge in [-0.3, -0.25) is 9.78 Å². The molecular weight excluding hydrogens is 226 g/mol. The van der Waals surface area contributed by atoms with Crippen LogP contribution in [0.3, 0.4) is 0 Å². The number of rotatable bonds is 3. The van der Waals surface area contributed by atoms with Crippen LogP contribution < -0.4 is 4.74 Å². The van der Waals surface area contributed by atoms with E-state index < -0.39 is 0 Å². The first kappa shape index (κ1) is 12.3. The molecule has 92 valence electrons. The third-order valence-corrected chi connectivity index (χ3v) is 3.09. The SMILES string of the molecule is COc1c(-c2cncc(C=O)c2)ccc(C)c1C. The Morgan fingerprint density at radius 3 is 2.67 bits per heavy atom. The second-order valence-electron chi connectivity index (χ2n) is 4.21. The van der Waals surface area contributed by atoms with Gasteiger partial charge in [-0.2, -0.15) is 0 Å². The highest BCUT2D eigenvalue weighted by molar-refractivity contribution is 5.80. The van der Waals surface area contributed by atoms with E-state index in [2.05, 4.69) is 4.98 Å². The molecule has 0 radical (unpaired) electrons. The summed E-state index contributed by atoms with van der Waals surface area (Å²) in [4.78, 5) is 14.9. The van der Waals surface area contributed by atoms with E-state index in [0.29, 0.717) is 5.56 Å². The lowest BCUT2D eigenvalue weighted by Gasteiger charge is -2.13. The summed E-state index contributed by atoms with van der Waals surface area (Å²) in [7, 11) is 1.66. The number of ether oxygens (including phenoxy) is 1. The number of aldehydes is 1. The van der Waals surface area contributed by atoms with Gasteiger partial charge >= 0.3 is 0 Å². The molecule has 0 amide bonds. The lowest BCUT2D eigenvalue weighted by atomic mass is 9.99. The number of hydrogen-bond acceptors (Lipinski definition) is 3. The molecule has 0 aliphatic heterocycles. The lowest BCUT2D eigenvalue weighted by Crippen LogP contribution is -1.95. The van der Waals surface area contributed by atoms with E-state index in [9.17, 15) is 4.79 Å². The highest BCUT2D eigenvalue weighted by atomic mass is 16.5. The Balaban J connectivity index is 2.63. The highest BCUT2D eigenvalue weighted by Gasteiger charge is 2.11. The molecule has 1 aromatic carbocycles. The molecule has 0 fully saturated rings. The number of methoxy groups -OCH3 is 1. The van der Waals surface area contributed by atoms with Gasteiger partial charge in [0.15, 0.2) is 6.29 Å². The van der Waals surface area contributed by atoms with E-state index >= 15 is 0 Å². The second kappa shape index (κ2) is 5.00. The van der Waals surface area contributed by atoms with Crippen molar-refractivity contribution in [2.24, 2.45) is 0 Å². The molecular formula is C15H15NO2. The van der Waals surface area contributed by atoms with Gasteiger partial charge in [-0.25, -0.2) is 0 Å². The van der Waals surface area contributed by atoms with Crippen LogP contribution in [0.1, 0.15) is 21.5 Å². The van der Waals surface area contributed by atoms with Crippen LogP contribution in [-0.4, -0.2) is 18.4 Å². The van der Waals surface area contributed by atoms with Gasteiger partial charge < -0.3 is 4.74 Å². The van der Waals surface area contributed by atoms with Crippen molar-refractivity contribution in [3.8, 4) is 16.9 Å². The average molecular weight is 241 g/mol. The quantitative estimate of drug-likeness (QED) is 0.775. The number of carbonyl (C=O) groups is 1. The maximum atomic E-state index is 10.8. The largest absolute Gasteiger partial charge is 0.496 e. The minimum atomic E-state index is 0.563. The molecule has 0 N–H and O–H groups in total. The zero-order valence-corrected chi connectivity index (χ0v) is 10.7. The topological polar surface area (TPSA) is 39.2 Å². The first-order valence-corrected chi connectivity index (χ1v) is 5.72. The van der Waals surface area contributed by atoms with Crippen LogP contribution in [-0.2, 0) is 0 Å². The van der Waals surface area contributed by atoms with Crippen molar-refractivity contribution in [1.29, 1.82) is 0 Å². The van der Waals surface area contributed by atoms with Crippen molar-refractivity contribution in [3.05, 3.63) is 47.3 Å². The molecule has 0 aliphatic carbocycles. The fraction of sp³-hybridized carbons (Fsp3) is 0.200. The van der Waals surface area contributed by atoms with E-state index in [1.165, 1.54) is 5.56 Å². The zero-order chi connectivity index (χ0) is 13.1. The molecule has 0 atom stereocenters. The molecule has 2 rings (SSSR count). The maximum absolute atomic E-state index is 10.8. The Bertz CT molecular complexity index is 591. The number of benzene rings is 1. The fourth-order valence-electron chi connectivity index (χ4n) is 1.95. The van der Waals surface area contributed by atoms with Gasteiger partial charge in [-0.05, 0) is 31.0 Å². The minimum Gasteiger partial charge on any atom is -0.496 e. The molecule has 0 saturated heterocycles. The van der Waals surface area contributed by atoms with Crippen LogP contribution in [0, 0.1) is 13.8 Å². The molecule has 18 heavy (non-hydrogen) atoms. The predicted molar refractivity (Wildman–Crippen MR) is 71.1 cm³/mol. The summed E-state index contributed by atoms with van der Waals surface area (Å²) in [6.45, 7) is 4.07. The molecule has 0 unspecified atom stereocenters. The maximum Gasteiger partial charge on any atom is 0.151 e. The van der Waals surface area contributed by atoms with E-state index in [0.717, 1.165) is 28.7 Å². The van der Waals surface area contributed by atoms with Gasteiger partial charge in [0.05, 0.1) is 7.11 Å². The monoisotopic (exact) mass is 241 g/mol. The van der Waals surface area contributed by atoms with Crippen LogP contribution in [0.15, 0.2) is 30.6 Å². The van der Waals surface area contributed by atoms with E-state index in [1.807, 2.05) is 32.0 Å². The smallest absolute Gasteiger partial charge is 0.151 e. The summed E-state index contributed by atoms with van der Waals surface area (Å²) in [6, 6.07) is 5.85. The van der Waals surface area contributed by atoms with Crippen molar-refractivity contribution in [3.63, 3.8) is 0 Å². The third kappa shape index (κ3) is 2.12. The van der Waals surface area contributed by atoms with Crippen molar-refractivity contribution < 1.29 is 9.53 Å². The predicted octanol–water partition coefficient (Wildman–Crippen LogP) is 3.19. The van der Waals surface area contributed by atoms with Gasteiger partial charge in [0.1, 0.15) is 5.75 Å². The van der Waals surface area contributed by atoms with Crippen LogP contribution >= 0.6 is 0 Å². The Morgan fingerprint density at radius 1 is 1.22 bits per heavy atom. The summed E-state index contributed by atoms with van der Waals surface area (Å²) in [6.07, 6.45) is 4.08. The van der Waals surface area contributed by atoms with Crippen LogP contribution in [0.2, 0.25) is 0 Å². The number of hydrogen-bond donors (Lipinski definition) is 0. The third-order valence-electron chi connectivity index (χ3n) is 3.09. The first-order chi connectivity index (χ1) is 8.67. The summed E-state index contributed by atoms with van der Waals surface area (Å²) < 4.78 is 5.47. The molecule has 1 heterocycles. The van der Waals surface area contributed by atoms with Gasteiger partial charge in [-0.15, -0.1) is 0 Å². The van der Waals surface area contributed by atoms with E-state index in [1.54, 1.807) is 19.5 Å². The number of pyridine rings is 1. The number of carbonyl (C=O) groups excluding carboxylic acids is 1. The summed E-state index contributed by atoms with van der Waals surface area (Å²) in [5, 5.41) is 0. The number of aryl methyl sites for hydroxylation is 1. The van der Waals surface area contributed by atoms with Gasteiger partial charge in [0, 0.05) is 29.1 Å². The summed E-state index contributed by atoms with van der Waals surface area (Å²) in [5.74, 6) is 0.833. The first-order valence-electron chi connectivity index (χ1n) is 5.72. The fourth-order valence-corrected chi connectivity index (χ4v) is 1.95. The van der Waals surface area contributed by atoms with Gasteiger partial charge in [-0.1, -0.05) is 12.1 Å². The zero-order valence-electron chi connectivity index (χ0n) is 10.7. The van der Waals surface area contributed by atoms with Crippen LogP contribution in [0.5, 0.6) is 5.75 Å². The summed E-state index contributed by atoms with van der Waals surface area (Å²) in [5.41, 5.74) is 4.69. The standard InChI is InChI=1S/C15H15NO2/c1-10-4-5-14(15(18-3)11(10)2)13-6-12(9-17)7-16-8-13/h4-9H,1-3H3. The number of nitrogens with zero attached hydrogens (tertiary/aromatic N) is 1. The molecule has 3 heteroatoms. The summed E-state index contributed by atoms with van der Waals surface area (Å²) >= 11 is 0. The Hall–Kier alpha value is -2.16. The normalized spacial score (nSPS) is 10.2. The molecule has 0 saturated carbocycles. The average Bonchev–Trinajstić information content (AvgIpc) is 2.41. The minimum absolute atomic E-state index is 0.563. The highest BCUT2D eigenvalue weighted by Crippen LogP contribution is 2.34. The van der Waals surface area contributed by atoms with Crippen molar-refractivity contribution in [2.75, 3.05) is 7.11 Å². The van der Waals surface area contributed by atoms with E-state index in [-0.39, 0.29) is 0 Å². The van der Waals surface area contributed by atoms with Crippen molar-refractivity contribution >= 4 is 6.29 Å².